The molecule has 1 atom stereocenters. The average molecular weight is 258 g/mol. The number of rotatable bonds is 6. The van der Waals surface area contributed by atoms with Gasteiger partial charge in [0.15, 0.2) is 0 Å². The first-order valence-electron chi connectivity index (χ1n) is 6.59. The highest BCUT2D eigenvalue weighted by Crippen LogP contribution is 2.42. The quantitative estimate of drug-likeness (QED) is 0.858. The van der Waals surface area contributed by atoms with Gasteiger partial charge in [-0.05, 0) is 54.8 Å². The van der Waals surface area contributed by atoms with Crippen LogP contribution in [0.15, 0.2) is 42.0 Å². The topological polar surface area (TPSA) is 24.9 Å². The molecule has 2 aromatic rings. The van der Waals surface area contributed by atoms with Crippen LogP contribution in [0.2, 0.25) is 0 Å². The maximum atomic E-state index is 4.15. The Labute approximate surface area is 112 Å². The Kier molecular flexibility index (Phi) is 3.72. The van der Waals surface area contributed by atoms with Crippen LogP contribution in [-0.2, 0) is 6.42 Å². The zero-order valence-electron chi connectivity index (χ0n) is 10.4. The SMILES string of the molecule is c1cncc(CCNC(c2cccs2)C2CC2)c1. The Morgan fingerprint density at radius 3 is 2.94 bits per heavy atom. The van der Waals surface area contributed by atoms with Gasteiger partial charge in [0, 0.05) is 23.3 Å². The Bertz CT molecular complexity index is 463. The smallest absolute Gasteiger partial charge is 0.0443 e. The minimum atomic E-state index is 0.571. The lowest BCUT2D eigenvalue weighted by Gasteiger charge is -2.16. The molecule has 1 saturated carbocycles. The molecule has 1 unspecified atom stereocenters. The highest BCUT2D eigenvalue weighted by atomic mass is 32.1. The van der Waals surface area contributed by atoms with E-state index in [2.05, 4.69) is 33.9 Å². The average Bonchev–Trinajstić information content (AvgIpc) is 3.10. The van der Waals surface area contributed by atoms with Crippen molar-refractivity contribution in [2.24, 2.45) is 5.92 Å². The van der Waals surface area contributed by atoms with Gasteiger partial charge < -0.3 is 5.32 Å². The lowest BCUT2D eigenvalue weighted by molar-refractivity contribution is 0.491. The van der Waals surface area contributed by atoms with Gasteiger partial charge in [-0.1, -0.05) is 12.1 Å². The number of hydrogen-bond donors (Lipinski definition) is 1. The summed E-state index contributed by atoms with van der Waals surface area (Å²) < 4.78 is 0. The van der Waals surface area contributed by atoms with E-state index in [0.29, 0.717) is 6.04 Å². The molecule has 0 radical (unpaired) electrons. The Hall–Kier alpha value is -1.19. The lowest BCUT2D eigenvalue weighted by Crippen LogP contribution is -2.24. The van der Waals surface area contributed by atoms with Crippen LogP contribution in [0.1, 0.15) is 29.3 Å². The second-order valence-corrected chi connectivity index (χ2v) is 5.88. The van der Waals surface area contributed by atoms with Crippen LogP contribution in [0.4, 0.5) is 0 Å². The normalized spacial score (nSPS) is 16.7. The molecule has 2 nitrogen and oxygen atoms in total. The molecular formula is C15H18N2S. The minimum absolute atomic E-state index is 0.571. The number of thiophene rings is 1. The Morgan fingerprint density at radius 1 is 1.33 bits per heavy atom. The molecule has 0 amide bonds. The van der Waals surface area contributed by atoms with Crippen LogP contribution in [0, 0.1) is 5.92 Å². The molecule has 1 N–H and O–H groups in total. The molecule has 0 aliphatic heterocycles. The third kappa shape index (κ3) is 2.98. The summed E-state index contributed by atoms with van der Waals surface area (Å²) in [6.45, 7) is 1.03. The molecular weight excluding hydrogens is 240 g/mol. The number of nitrogens with zero attached hydrogens (tertiary/aromatic N) is 1. The Morgan fingerprint density at radius 2 is 2.28 bits per heavy atom. The minimum Gasteiger partial charge on any atom is -0.309 e. The Balaban J connectivity index is 1.55. The van der Waals surface area contributed by atoms with Crippen molar-refractivity contribution in [3.63, 3.8) is 0 Å². The molecule has 1 aliphatic rings. The highest BCUT2D eigenvalue weighted by Gasteiger charge is 2.32. The van der Waals surface area contributed by atoms with Crippen molar-refractivity contribution in [2.75, 3.05) is 6.54 Å². The number of aromatic nitrogens is 1. The standard InChI is InChI=1S/C15H18N2S/c1-3-12(11-16-8-1)7-9-17-15(13-5-6-13)14-4-2-10-18-14/h1-4,8,10-11,13,15,17H,5-7,9H2. The largest absolute Gasteiger partial charge is 0.309 e. The number of pyridine rings is 1. The van der Waals surface area contributed by atoms with E-state index in [1.165, 1.54) is 23.3 Å². The van der Waals surface area contributed by atoms with Crippen molar-refractivity contribution >= 4 is 11.3 Å². The molecule has 0 saturated heterocycles. The van der Waals surface area contributed by atoms with E-state index in [4.69, 9.17) is 0 Å². The van der Waals surface area contributed by atoms with Gasteiger partial charge in [0.2, 0.25) is 0 Å². The summed E-state index contributed by atoms with van der Waals surface area (Å²) in [6, 6.07) is 9.13. The van der Waals surface area contributed by atoms with E-state index in [-0.39, 0.29) is 0 Å². The first-order valence-corrected chi connectivity index (χ1v) is 7.47. The third-order valence-corrected chi connectivity index (χ3v) is 4.40. The molecule has 3 heteroatoms. The fourth-order valence-corrected chi connectivity index (χ4v) is 3.21. The first-order chi connectivity index (χ1) is 8.93. The van der Waals surface area contributed by atoms with Gasteiger partial charge >= 0.3 is 0 Å². The molecule has 18 heavy (non-hydrogen) atoms. The van der Waals surface area contributed by atoms with Crippen molar-refractivity contribution in [3.8, 4) is 0 Å². The molecule has 1 fully saturated rings. The summed E-state index contributed by atoms with van der Waals surface area (Å²) in [5.74, 6) is 0.859. The van der Waals surface area contributed by atoms with Crippen molar-refractivity contribution < 1.29 is 0 Å². The predicted molar refractivity (Wildman–Crippen MR) is 75.7 cm³/mol. The summed E-state index contributed by atoms with van der Waals surface area (Å²) in [6.07, 6.45) is 7.60. The molecule has 3 rings (SSSR count). The van der Waals surface area contributed by atoms with Crippen LogP contribution in [0.5, 0.6) is 0 Å². The summed E-state index contributed by atoms with van der Waals surface area (Å²) >= 11 is 1.87. The van der Waals surface area contributed by atoms with E-state index in [1.54, 1.807) is 0 Å². The molecule has 1 aliphatic carbocycles. The molecule has 2 heterocycles. The van der Waals surface area contributed by atoms with E-state index in [0.717, 1.165) is 18.9 Å². The highest BCUT2D eigenvalue weighted by molar-refractivity contribution is 7.10. The van der Waals surface area contributed by atoms with Gasteiger partial charge in [-0.15, -0.1) is 11.3 Å². The van der Waals surface area contributed by atoms with Gasteiger partial charge in [0.05, 0.1) is 0 Å². The summed E-state index contributed by atoms with van der Waals surface area (Å²) in [5, 5.41) is 5.89. The third-order valence-electron chi connectivity index (χ3n) is 3.44. The lowest BCUT2D eigenvalue weighted by atomic mass is 10.1. The van der Waals surface area contributed by atoms with Gasteiger partial charge in [-0.25, -0.2) is 0 Å². The van der Waals surface area contributed by atoms with Crippen molar-refractivity contribution in [3.05, 3.63) is 52.5 Å². The second-order valence-electron chi connectivity index (χ2n) is 4.90. The zero-order valence-corrected chi connectivity index (χ0v) is 11.2. The van der Waals surface area contributed by atoms with Gasteiger partial charge in [0.25, 0.3) is 0 Å². The van der Waals surface area contributed by atoms with Gasteiger partial charge in [-0.3, -0.25) is 4.98 Å². The maximum absolute atomic E-state index is 4.15. The van der Waals surface area contributed by atoms with Crippen molar-refractivity contribution in [2.45, 2.75) is 25.3 Å². The predicted octanol–water partition coefficient (Wildman–Crippen LogP) is 3.43. The summed E-state index contributed by atoms with van der Waals surface area (Å²) in [5.41, 5.74) is 1.31. The molecule has 0 aromatic carbocycles. The van der Waals surface area contributed by atoms with Gasteiger partial charge in [0.1, 0.15) is 0 Å². The molecule has 0 bridgehead atoms. The van der Waals surface area contributed by atoms with E-state index in [1.807, 2.05) is 29.8 Å². The van der Waals surface area contributed by atoms with E-state index in [9.17, 15) is 0 Å². The fourth-order valence-electron chi connectivity index (χ4n) is 2.32. The van der Waals surface area contributed by atoms with Crippen LogP contribution < -0.4 is 5.32 Å². The van der Waals surface area contributed by atoms with Crippen molar-refractivity contribution in [1.29, 1.82) is 0 Å². The summed E-state index contributed by atoms with van der Waals surface area (Å²) in [4.78, 5) is 5.64. The fraction of sp³-hybridized carbons (Fsp3) is 0.400. The molecule has 2 aromatic heterocycles. The first kappa shape index (κ1) is 11.9. The number of nitrogens with one attached hydrogen (secondary N) is 1. The van der Waals surface area contributed by atoms with E-state index < -0.39 is 0 Å². The van der Waals surface area contributed by atoms with Crippen molar-refractivity contribution in [1.82, 2.24) is 10.3 Å². The zero-order chi connectivity index (χ0) is 12.2. The van der Waals surface area contributed by atoms with Crippen LogP contribution in [0.25, 0.3) is 0 Å². The van der Waals surface area contributed by atoms with E-state index >= 15 is 0 Å². The summed E-state index contributed by atoms with van der Waals surface area (Å²) in [7, 11) is 0. The van der Waals surface area contributed by atoms with Crippen LogP contribution >= 0.6 is 11.3 Å². The number of hydrogen-bond acceptors (Lipinski definition) is 3. The molecule has 0 spiro atoms. The monoisotopic (exact) mass is 258 g/mol. The maximum Gasteiger partial charge on any atom is 0.0443 e. The van der Waals surface area contributed by atoms with Crippen LogP contribution in [0.3, 0.4) is 0 Å². The second kappa shape index (κ2) is 5.63. The van der Waals surface area contributed by atoms with Gasteiger partial charge in [-0.2, -0.15) is 0 Å². The van der Waals surface area contributed by atoms with Crippen LogP contribution in [-0.4, -0.2) is 11.5 Å². The molecule has 94 valence electrons.